The van der Waals surface area contributed by atoms with Crippen molar-refractivity contribution in [3.05, 3.63) is 72.4 Å². The number of rotatable bonds is 3. The molecule has 1 aliphatic carbocycles. The monoisotopic (exact) mass is 331 g/mol. The SMILES string of the molecule is NS(=O)(=O)c1ccc(-n2nccc2C2=CC=C(F)CC=C2)cc1. The average molecular weight is 331 g/mol. The molecule has 1 aromatic heterocycles. The number of primary sulfonamides is 1. The van der Waals surface area contributed by atoms with Crippen LogP contribution < -0.4 is 5.14 Å². The number of allylic oxidation sites excluding steroid dienone is 6. The second-order valence-corrected chi connectivity index (χ2v) is 6.57. The molecule has 3 rings (SSSR count). The molecule has 1 heterocycles. The first kappa shape index (κ1) is 15.4. The van der Waals surface area contributed by atoms with Crippen molar-refractivity contribution in [2.75, 3.05) is 0 Å². The standard InChI is InChI=1S/C16H14FN3O2S/c17-13-3-1-2-12(4-5-13)16-10-11-19-20(16)14-6-8-15(9-7-14)23(18,21)22/h1-2,4-11H,3H2,(H2,18,21,22). The Labute approximate surface area is 133 Å². The maximum atomic E-state index is 13.3. The van der Waals surface area contributed by atoms with Crippen LogP contribution in [0.25, 0.3) is 11.3 Å². The van der Waals surface area contributed by atoms with Crippen LogP contribution in [-0.2, 0) is 10.0 Å². The molecular formula is C16H14FN3O2S. The molecule has 23 heavy (non-hydrogen) atoms. The van der Waals surface area contributed by atoms with Gasteiger partial charge in [0.15, 0.2) is 0 Å². The van der Waals surface area contributed by atoms with Crippen LogP contribution >= 0.6 is 0 Å². The number of hydrogen-bond donors (Lipinski definition) is 1. The van der Waals surface area contributed by atoms with Gasteiger partial charge in [-0.1, -0.05) is 18.2 Å². The van der Waals surface area contributed by atoms with E-state index in [9.17, 15) is 12.8 Å². The van der Waals surface area contributed by atoms with Gasteiger partial charge in [0, 0.05) is 12.0 Å². The summed E-state index contributed by atoms with van der Waals surface area (Å²) in [5.74, 6) is -0.208. The van der Waals surface area contributed by atoms with Crippen molar-refractivity contribution in [2.45, 2.75) is 11.3 Å². The molecule has 2 N–H and O–H groups in total. The summed E-state index contributed by atoms with van der Waals surface area (Å²) in [5.41, 5.74) is 2.27. The summed E-state index contributed by atoms with van der Waals surface area (Å²) in [4.78, 5) is 0.0357. The quantitative estimate of drug-likeness (QED) is 0.939. The van der Waals surface area contributed by atoms with Crippen molar-refractivity contribution < 1.29 is 12.8 Å². The van der Waals surface area contributed by atoms with Gasteiger partial charge in [0.1, 0.15) is 5.83 Å². The minimum absolute atomic E-state index is 0.0357. The molecule has 2 aromatic rings. The number of benzene rings is 1. The lowest BCUT2D eigenvalue weighted by molar-refractivity contribution is 0.597. The summed E-state index contributed by atoms with van der Waals surface area (Å²) in [5, 5.41) is 9.34. The number of aromatic nitrogens is 2. The smallest absolute Gasteiger partial charge is 0.233 e. The predicted octanol–water partition coefficient (Wildman–Crippen LogP) is 2.72. The summed E-state index contributed by atoms with van der Waals surface area (Å²) in [6.07, 6.45) is 8.57. The number of sulfonamides is 1. The van der Waals surface area contributed by atoms with E-state index in [1.807, 2.05) is 6.08 Å². The van der Waals surface area contributed by atoms with Crippen molar-refractivity contribution in [1.29, 1.82) is 0 Å². The number of nitrogens with zero attached hydrogens (tertiary/aromatic N) is 2. The second-order valence-electron chi connectivity index (χ2n) is 5.01. The lowest BCUT2D eigenvalue weighted by Gasteiger charge is -2.08. The minimum Gasteiger partial charge on any atom is -0.233 e. The number of halogens is 1. The first-order chi connectivity index (χ1) is 10.9. The molecule has 0 bridgehead atoms. The normalized spacial score (nSPS) is 15.0. The van der Waals surface area contributed by atoms with Crippen molar-refractivity contribution in [2.24, 2.45) is 5.14 Å². The molecule has 5 nitrogen and oxygen atoms in total. The highest BCUT2D eigenvalue weighted by Gasteiger charge is 2.11. The Balaban J connectivity index is 2.02. The molecule has 0 radical (unpaired) electrons. The zero-order chi connectivity index (χ0) is 16.4. The van der Waals surface area contributed by atoms with Gasteiger partial charge in [-0.15, -0.1) is 0 Å². The Morgan fingerprint density at radius 2 is 1.87 bits per heavy atom. The highest BCUT2D eigenvalue weighted by molar-refractivity contribution is 7.89. The van der Waals surface area contributed by atoms with Gasteiger partial charge < -0.3 is 0 Å². The minimum atomic E-state index is -3.73. The Hall–Kier alpha value is -2.51. The Morgan fingerprint density at radius 3 is 2.57 bits per heavy atom. The van der Waals surface area contributed by atoms with Gasteiger partial charge in [-0.2, -0.15) is 5.10 Å². The molecule has 0 atom stereocenters. The van der Waals surface area contributed by atoms with Gasteiger partial charge in [0.2, 0.25) is 10.0 Å². The van der Waals surface area contributed by atoms with Crippen LogP contribution in [0, 0.1) is 0 Å². The maximum Gasteiger partial charge on any atom is 0.238 e. The van der Waals surface area contributed by atoms with Crippen LogP contribution in [0.5, 0.6) is 0 Å². The summed E-state index contributed by atoms with van der Waals surface area (Å²) in [7, 11) is -3.73. The molecule has 0 amide bonds. The lowest BCUT2D eigenvalue weighted by atomic mass is 10.1. The molecule has 1 aliphatic rings. The van der Waals surface area contributed by atoms with Gasteiger partial charge in [-0.3, -0.25) is 0 Å². The van der Waals surface area contributed by atoms with E-state index in [4.69, 9.17) is 5.14 Å². The predicted molar refractivity (Wildman–Crippen MR) is 85.9 cm³/mol. The van der Waals surface area contributed by atoms with Crippen LogP contribution in [0.2, 0.25) is 0 Å². The third-order valence-electron chi connectivity index (χ3n) is 3.40. The van der Waals surface area contributed by atoms with E-state index in [1.54, 1.807) is 41.2 Å². The first-order valence-electron chi connectivity index (χ1n) is 6.86. The first-order valence-corrected chi connectivity index (χ1v) is 8.40. The van der Waals surface area contributed by atoms with E-state index >= 15 is 0 Å². The van der Waals surface area contributed by atoms with E-state index in [0.717, 1.165) is 11.3 Å². The van der Waals surface area contributed by atoms with Crippen molar-refractivity contribution in [1.82, 2.24) is 9.78 Å². The van der Waals surface area contributed by atoms with Gasteiger partial charge in [0.05, 0.1) is 22.5 Å². The van der Waals surface area contributed by atoms with Gasteiger partial charge >= 0.3 is 0 Å². The fraction of sp³-hybridized carbons (Fsp3) is 0.0625. The molecule has 118 valence electrons. The fourth-order valence-corrected chi connectivity index (χ4v) is 2.79. The van der Waals surface area contributed by atoms with E-state index in [1.165, 1.54) is 18.2 Å². The molecule has 0 aliphatic heterocycles. The third kappa shape index (κ3) is 3.30. The highest BCUT2D eigenvalue weighted by atomic mass is 32.2. The topological polar surface area (TPSA) is 78.0 Å². The number of nitrogens with two attached hydrogens (primary N) is 1. The Kier molecular flexibility index (Phi) is 3.97. The molecule has 0 spiro atoms. The van der Waals surface area contributed by atoms with Gasteiger partial charge in [-0.25, -0.2) is 22.6 Å². The molecule has 0 saturated carbocycles. The largest absolute Gasteiger partial charge is 0.238 e. The van der Waals surface area contributed by atoms with Crippen molar-refractivity contribution in [3.63, 3.8) is 0 Å². The van der Waals surface area contributed by atoms with Gasteiger partial charge in [0.25, 0.3) is 0 Å². The van der Waals surface area contributed by atoms with E-state index < -0.39 is 10.0 Å². The van der Waals surface area contributed by atoms with Crippen molar-refractivity contribution >= 4 is 15.6 Å². The van der Waals surface area contributed by atoms with E-state index in [-0.39, 0.29) is 17.1 Å². The fourth-order valence-electron chi connectivity index (χ4n) is 2.28. The highest BCUT2D eigenvalue weighted by Crippen LogP contribution is 2.23. The second kappa shape index (κ2) is 5.94. The summed E-state index contributed by atoms with van der Waals surface area (Å²) in [6.45, 7) is 0. The maximum absolute atomic E-state index is 13.3. The molecule has 1 aromatic carbocycles. The molecule has 7 heteroatoms. The molecule has 0 saturated heterocycles. The Morgan fingerprint density at radius 1 is 1.13 bits per heavy atom. The van der Waals surface area contributed by atoms with Gasteiger partial charge in [-0.05, 0) is 36.4 Å². The molecular weight excluding hydrogens is 317 g/mol. The van der Waals surface area contributed by atoms with E-state index in [0.29, 0.717) is 5.69 Å². The number of hydrogen-bond acceptors (Lipinski definition) is 3. The third-order valence-corrected chi connectivity index (χ3v) is 4.33. The Bertz CT molecular complexity index is 922. The van der Waals surface area contributed by atoms with Crippen LogP contribution in [0.3, 0.4) is 0 Å². The summed E-state index contributed by atoms with van der Waals surface area (Å²) in [6, 6.07) is 7.89. The zero-order valence-corrected chi connectivity index (χ0v) is 12.9. The molecule has 0 fully saturated rings. The summed E-state index contributed by atoms with van der Waals surface area (Å²) >= 11 is 0. The van der Waals surface area contributed by atoms with Crippen LogP contribution in [0.4, 0.5) is 4.39 Å². The van der Waals surface area contributed by atoms with Crippen LogP contribution in [-0.4, -0.2) is 18.2 Å². The van der Waals surface area contributed by atoms with Crippen LogP contribution in [0.15, 0.2) is 71.6 Å². The van der Waals surface area contributed by atoms with E-state index in [2.05, 4.69) is 5.10 Å². The zero-order valence-electron chi connectivity index (χ0n) is 12.1. The van der Waals surface area contributed by atoms with Crippen molar-refractivity contribution in [3.8, 4) is 5.69 Å². The van der Waals surface area contributed by atoms with Crippen LogP contribution in [0.1, 0.15) is 12.1 Å². The lowest BCUT2D eigenvalue weighted by Crippen LogP contribution is -2.12. The average Bonchev–Trinajstić information content (AvgIpc) is 2.89. The molecule has 0 unspecified atom stereocenters. The summed E-state index contributed by atoms with van der Waals surface area (Å²) < 4.78 is 37.6.